The van der Waals surface area contributed by atoms with Gasteiger partial charge >= 0.3 is 5.97 Å². The predicted molar refractivity (Wildman–Crippen MR) is 80.2 cm³/mol. The van der Waals surface area contributed by atoms with Crippen LogP contribution in [-0.2, 0) is 20.8 Å². The van der Waals surface area contributed by atoms with Gasteiger partial charge in [-0.15, -0.1) is 0 Å². The van der Waals surface area contributed by atoms with Crippen LogP contribution < -0.4 is 5.32 Å². The van der Waals surface area contributed by atoms with Crippen LogP contribution in [0.3, 0.4) is 0 Å². The molecule has 1 unspecified atom stereocenters. The van der Waals surface area contributed by atoms with Crippen molar-refractivity contribution in [2.24, 2.45) is 0 Å². The van der Waals surface area contributed by atoms with Crippen LogP contribution in [0.25, 0.3) is 0 Å². The Morgan fingerprint density at radius 1 is 1.36 bits per heavy atom. The first-order valence-electron chi connectivity index (χ1n) is 6.99. The molecule has 0 saturated carbocycles. The van der Waals surface area contributed by atoms with E-state index in [0.717, 1.165) is 11.3 Å². The zero-order valence-corrected chi connectivity index (χ0v) is 13.0. The van der Waals surface area contributed by atoms with E-state index in [1.54, 1.807) is 18.3 Å². The van der Waals surface area contributed by atoms with Crippen molar-refractivity contribution in [2.75, 3.05) is 13.1 Å². The second kappa shape index (κ2) is 8.11. The lowest BCUT2D eigenvalue weighted by molar-refractivity contribution is -0.149. The Hall–Kier alpha value is -2.44. The van der Waals surface area contributed by atoms with Gasteiger partial charge in [-0.05, 0) is 25.5 Å². The monoisotopic (exact) mass is 307 g/mol. The molecule has 7 nitrogen and oxygen atoms in total. The van der Waals surface area contributed by atoms with Gasteiger partial charge in [0.1, 0.15) is 6.04 Å². The maximum atomic E-state index is 12.3. The summed E-state index contributed by atoms with van der Waals surface area (Å²) in [6, 6.07) is 2.63. The first kappa shape index (κ1) is 17.6. The van der Waals surface area contributed by atoms with Crippen molar-refractivity contribution in [2.45, 2.75) is 33.2 Å². The molecule has 0 spiro atoms. The van der Waals surface area contributed by atoms with Crippen LogP contribution >= 0.6 is 0 Å². The van der Waals surface area contributed by atoms with Crippen LogP contribution in [0.5, 0.6) is 0 Å². The Labute approximate surface area is 129 Å². The fraction of sp³-hybridized carbons (Fsp3) is 0.467. The van der Waals surface area contributed by atoms with E-state index in [1.807, 2.05) is 6.92 Å². The van der Waals surface area contributed by atoms with E-state index < -0.39 is 12.0 Å². The number of carboxylic acids is 1. The van der Waals surface area contributed by atoms with E-state index in [0.29, 0.717) is 0 Å². The molecular formula is C15H21N3O4. The summed E-state index contributed by atoms with van der Waals surface area (Å²) in [5, 5.41) is 11.7. The van der Waals surface area contributed by atoms with Gasteiger partial charge in [-0.3, -0.25) is 14.6 Å². The maximum absolute atomic E-state index is 12.3. The van der Waals surface area contributed by atoms with Crippen molar-refractivity contribution in [3.8, 4) is 0 Å². The Balaban J connectivity index is 2.75. The second-order valence-corrected chi connectivity index (χ2v) is 5.07. The summed E-state index contributed by atoms with van der Waals surface area (Å²) in [4.78, 5) is 39.7. The Bertz CT molecular complexity index is 542. The lowest BCUT2D eigenvalue weighted by atomic mass is 10.1. The number of carboxylic acid groups (broad SMARTS) is 1. The lowest BCUT2D eigenvalue weighted by Gasteiger charge is -2.26. The summed E-state index contributed by atoms with van der Waals surface area (Å²) in [5.41, 5.74) is 1.57. The van der Waals surface area contributed by atoms with Crippen molar-refractivity contribution < 1.29 is 19.5 Å². The third kappa shape index (κ3) is 5.51. The van der Waals surface area contributed by atoms with Gasteiger partial charge in [0, 0.05) is 31.9 Å². The van der Waals surface area contributed by atoms with Crippen LogP contribution in [0.15, 0.2) is 18.3 Å². The third-order valence-corrected chi connectivity index (χ3v) is 3.20. The minimum Gasteiger partial charge on any atom is -0.480 e. The van der Waals surface area contributed by atoms with Crippen molar-refractivity contribution >= 4 is 17.8 Å². The van der Waals surface area contributed by atoms with Gasteiger partial charge in [-0.2, -0.15) is 0 Å². The maximum Gasteiger partial charge on any atom is 0.326 e. The average Bonchev–Trinajstić information content (AvgIpc) is 2.45. The van der Waals surface area contributed by atoms with Crippen LogP contribution in [-0.4, -0.2) is 51.9 Å². The SMILES string of the molecule is CC(=O)NCCN(C(=O)Cc1ccc(C)nc1)C(C)C(=O)O. The van der Waals surface area contributed by atoms with Gasteiger partial charge in [-0.1, -0.05) is 6.07 Å². The first-order valence-corrected chi connectivity index (χ1v) is 6.99. The number of aliphatic carboxylic acids is 1. The summed E-state index contributed by atoms with van der Waals surface area (Å²) < 4.78 is 0. The molecule has 0 saturated heterocycles. The summed E-state index contributed by atoms with van der Waals surface area (Å²) in [6.45, 7) is 5.01. The fourth-order valence-corrected chi connectivity index (χ4v) is 1.90. The van der Waals surface area contributed by atoms with Crippen LogP contribution in [0.2, 0.25) is 0 Å². The number of rotatable bonds is 7. The minimum atomic E-state index is -1.08. The van der Waals surface area contributed by atoms with Gasteiger partial charge in [0.05, 0.1) is 6.42 Å². The number of nitrogens with zero attached hydrogens (tertiary/aromatic N) is 2. The topological polar surface area (TPSA) is 99.6 Å². The molecule has 1 atom stereocenters. The van der Waals surface area contributed by atoms with E-state index in [2.05, 4.69) is 10.3 Å². The molecule has 0 aliphatic rings. The van der Waals surface area contributed by atoms with Crippen LogP contribution in [0.1, 0.15) is 25.1 Å². The summed E-state index contributed by atoms with van der Waals surface area (Å²) in [7, 11) is 0. The number of hydrogen-bond donors (Lipinski definition) is 2. The molecule has 120 valence electrons. The number of amides is 2. The van der Waals surface area contributed by atoms with Crippen LogP contribution in [0, 0.1) is 6.92 Å². The third-order valence-electron chi connectivity index (χ3n) is 3.20. The van der Waals surface area contributed by atoms with Gasteiger partial charge in [-0.25, -0.2) is 4.79 Å². The number of aromatic nitrogens is 1. The molecule has 1 aromatic rings. The number of carbonyl (C=O) groups excluding carboxylic acids is 2. The Kier molecular flexibility index (Phi) is 6.49. The highest BCUT2D eigenvalue weighted by Gasteiger charge is 2.25. The number of nitrogens with one attached hydrogen (secondary N) is 1. The zero-order chi connectivity index (χ0) is 16.7. The average molecular weight is 307 g/mol. The first-order chi connectivity index (χ1) is 10.3. The second-order valence-electron chi connectivity index (χ2n) is 5.07. The summed E-state index contributed by atoms with van der Waals surface area (Å²) >= 11 is 0. The molecule has 0 aliphatic heterocycles. The lowest BCUT2D eigenvalue weighted by Crippen LogP contribution is -2.47. The molecular weight excluding hydrogens is 286 g/mol. The molecule has 0 aliphatic carbocycles. The van der Waals surface area contributed by atoms with E-state index in [4.69, 9.17) is 5.11 Å². The number of hydrogen-bond acceptors (Lipinski definition) is 4. The van der Waals surface area contributed by atoms with Crippen molar-refractivity contribution in [3.63, 3.8) is 0 Å². The van der Waals surface area contributed by atoms with E-state index in [-0.39, 0.29) is 31.3 Å². The molecule has 2 amide bonds. The molecule has 1 rings (SSSR count). The molecule has 22 heavy (non-hydrogen) atoms. The minimum absolute atomic E-state index is 0.0744. The van der Waals surface area contributed by atoms with Gasteiger partial charge in [0.25, 0.3) is 0 Å². The van der Waals surface area contributed by atoms with Crippen molar-refractivity contribution in [1.82, 2.24) is 15.2 Å². The van der Waals surface area contributed by atoms with Crippen molar-refractivity contribution in [3.05, 3.63) is 29.6 Å². The molecule has 0 radical (unpaired) electrons. The number of carbonyl (C=O) groups is 3. The molecule has 0 fully saturated rings. The highest BCUT2D eigenvalue weighted by molar-refractivity contribution is 5.84. The molecule has 0 aromatic carbocycles. The van der Waals surface area contributed by atoms with Gasteiger partial charge in [0.2, 0.25) is 11.8 Å². The Morgan fingerprint density at radius 2 is 2.05 bits per heavy atom. The molecule has 2 N–H and O–H groups in total. The Morgan fingerprint density at radius 3 is 2.55 bits per heavy atom. The van der Waals surface area contributed by atoms with E-state index in [1.165, 1.54) is 18.7 Å². The van der Waals surface area contributed by atoms with Gasteiger partial charge < -0.3 is 15.3 Å². The highest BCUT2D eigenvalue weighted by atomic mass is 16.4. The zero-order valence-electron chi connectivity index (χ0n) is 13.0. The summed E-state index contributed by atoms with van der Waals surface area (Å²) in [5.74, 6) is -1.62. The van der Waals surface area contributed by atoms with E-state index in [9.17, 15) is 14.4 Å². The molecule has 0 bridgehead atoms. The van der Waals surface area contributed by atoms with Crippen LogP contribution in [0.4, 0.5) is 0 Å². The van der Waals surface area contributed by atoms with Crippen molar-refractivity contribution in [1.29, 1.82) is 0 Å². The number of aryl methyl sites for hydroxylation is 1. The smallest absolute Gasteiger partial charge is 0.326 e. The number of pyridine rings is 1. The molecule has 1 aromatic heterocycles. The predicted octanol–water partition coefficient (Wildman–Crippen LogP) is 0.370. The van der Waals surface area contributed by atoms with Gasteiger partial charge in [0.15, 0.2) is 0 Å². The normalized spacial score (nSPS) is 11.6. The fourth-order valence-electron chi connectivity index (χ4n) is 1.90. The summed E-state index contributed by atoms with van der Waals surface area (Å²) in [6.07, 6.45) is 1.68. The quantitative estimate of drug-likeness (QED) is 0.758. The molecule has 7 heteroatoms. The largest absolute Gasteiger partial charge is 0.480 e. The standard InChI is InChI=1S/C15H21N3O4/c1-10-4-5-13(9-17-10)8-14(20)18(11(2)15(21)22)7-6-16-12(3)19/h4-5,9,11H,6-8H2,1-3H3,(H,16,19)(H,21,22). The highest BCUT2D eigenvalue weighted by Crippen LogP contribution is 2.07. The van der Waals surface area contributed by atoms with E-state index >= 15 is 0 Å². The molecule has 1 heterocycles.